The molecule has 4 atom stereocenters. The Balaban J connectivity index is 1.24. The van der Waals surface area contributed by atoms with Gasteiger partial charge in [0.1, 0.15) is 23.7 Å². The summed E-state index contributed by atoms with van der Waals surface area (Å²) in [5.74, 6) is 2.19. The molecule has 1 aromatic heterocycles. The molecule has 2 N–H and O–H groups in total. The summed E-state index contributed by atoms with van der Waals surface area (Å²) in [6.45, 7) is 3.84. The van der Waals surface area contributed by atoms with Crippen LogP contribution in [0.25, 0.3) is 10.9 Å². The maximum atomic E-state index is 13.7. The maximum Gasteiger partial charge on any atom is 0.159 e. The molecule has 0 spiro atoms. The van der Waals surface area contributed by atoms with Crippen LogP contribution >= 0.6 is 11.6 Å². The second kappa shape index (κ2) is 11.2. The first-order chi connectivity index (χ1) is 19.0. The van der Waals surface area contributed by atoms with Gasteiger partial charge in [-0.15, -0.1) is 0 Å². The van der Waals surface area contributed by atoms with Gasteiger partial charge < -0.3 is 19.9 Å². The number of fused-ring (bicyclic) bond motifs is 2. The molecule has 2 saturated heterocycles. The topological polar surface area (TPSA) is 96.8 Å². The molecular weight excluding hydrogens is 523 g/mol. The van der Waals surface area contributed by atoms with E-state index in [-0.39, 0.29) is 29.9 Å². The molecule has 2 unspecified atom stereocenters. The zero-order chi connectivity index (χ0) is 26.9. The molecule has 0 amide bonds. The number of nitrogens with one attached hydrogen (secondary N) is 1. The number of rotatable bonds is 11. The SMILES string of the molecule is O=C(/C=C/CN1CCC1CO)Cc1cc2c(Nc3ccc(F)c(Cl)c3)ncnc2cc1OCC1[C@H]2COC[C@@H]12. The van der Waals surface area contributed by atoms with Crippen molar-refractivity contribution in [2.45, 2.75) is 18.9 Å². The molecule has 6 rings (SSSR count). The Hall–Kier alpha value is -3.11. The summed E-state index contributed by atoms with van der Waals surface area (Å²) in [6.07, 6.45) is 6.04. The van der Waals surface area contributed by atoms with Gasteiger partial charge in [0.25, 0.3) is 0 Å². The number of ether oxygens (including phenoxy) is 2. The minimum atomic E-state index is -0.502. The van der Waals surface area contributed by atoms with Crippen LogP contribution < -0.4 is 10.1 Å². The summed E-state index contributed by atoms with van der Waals surface area (Å²) in [4.78, 5) is 23.9. The van der Waals surface area contributed by atoms with Crippen LogP contribution in [-0.2, 0) is 16.0 Å². The number of hydrogen-bond acceptors (Lipinski definition) is 8. The summed E-state index contributed by atoms with van der Waals surface area (Å²) in [5.41, 5.74) is 1.98. The number of anilines is 2. The zero-order valence-corrected chi connectivity index (χ0v) is 22.1. The van der Waals surface area contributed by atoms with Gasteiger partial charge >= 0.3 is 0 Å². The summed E-state index contributed by atoms with van der Waals surface area (Å²) < 4.78 is 25.4. The molecule has 3 aromatic rings. The van der Waals surface area contributed by atoms with Crippen LogP contribution in [0.2, 0.25) is 5.02 Å². The lowest BCUT2D eigenvalue weighted by Crippen LogP contribution is -2.49. The van der Waals surface area contributed by atoms with Crippen molar-refractivity contribution in [3.8, 4) is 5.75 Å². The fourth-order valence-electron chi connectivity index (χ4n) is 5.51. The van der Waals surface area contributed by atoms with Gasteiger partial charge in [-0.3, -0.25) is 9.69 Å². The molecule has 0 bridgehead atoms. The van der Waals surface area contributed by atoms with E-state index in [9.17, 15) is 14.3 Å². The van der Waals surface area contributed by atoms with Gasteiger partial charge in [0.2, 0.25) is 0 Å². The Morgan fingerprint density at radius 3 is 2.85 bits per heavy atom. The fourth-order valence-corrected chi connectivity index (χ4v) is 5.69. The van der Waals surface area contributed by atoms with Crippen LogP contribution in [0, 0.1) is 23.6 Å². The molecule has 3 heterocycles. The Bertz CT molecular complexity index is 1410. The molecule has 2 aliphatic heterocycles. The van der Waals surface area contributed by atoms with E-state index in [0.717, 1.165) is 31.7 Å². The third-order valence-corrected chi connectivity index (χ3v) is 8.34. The van der Waals surface area contributed by atoms with E-state index < -0.39 is 5.82 Å². The van der Waals surface area contributed by atoms with Crippen molar-refractivity contribution in [1.29, 1.82) is 0 Å². The normalized spacial score (nSPS) is 24.1. The lowest BCUT2D eigenvalue weighted by atomic mass is 10.0. The van der Waals surface area contributed by atoms with Crippen molar-refractivity contribution >= 4 is 39.8 Å². The van der Waals surface area contributed by atoms with Crippen molar-refractivity contribution in [3.05, 3.63) is 65.2 Å². The van der Waals surface area contributed by atoms with E-state index in [1.165, 1.54) is 18.5 Å². The van der Waals surface area contributed by atoms with Crippen LogP contribution in [-0.4, -0.2) is 71.3 Å². The van der Waals surface area contributed by atoms with Crippen molar-refractivity contribution in [1.82, 2.24) is 14.9 Å². The van der Waals surface area contributed by atoms with Gasteiger partial charge in [-0.05, 0) is 48.6 Å². The highest BCUT2D eigenvalue weighted by molar-refractivity contribution is 6.31. The predicted octanol–water partition coefficient (Wildman–Crippen LogP) is 4.17. The largest absolute Gasteiger partial charge is 0.493 e. The Morgan fingerprint density at radius 1 is 1.26 bits per heavy atom. The van der Waals surface area contributed by atoms with E-state index in [2.05, 4.69) is 20.2 Å². The Kier molecular flexibility index (Phi) is 7.49. The van der Waals surface area contributed by atoms with Crippen LogP contribution in [0.5, 0.6) is 5.75 Å². The molecule has 39 heavy (non-hydrogen) atoms. The van der Waals surface area contributed by atoms with E-state index in [1.807, 2.05) is 18.2 Å². The molecule has 1 aliphatic carbocycles. The molecule has 2 aromatic carbocycles. The third-order valence-electron chi connectivity index (χ3n) is 8.05. The number of likely N-dealkylation sites (tertiary alicyclic amines) is 1. The number of allylic oxidation sites excluding steroid dienone is 1. The van der Waals surface area contributed by atoms with E-state index in [4.69, 9.17) is 21.1 Å². The average Bonchev–Trinajstić information content (AvgIpc) is 3.32. The highest BCUT2D eigenvalue weighted by Gasteiger charge is 2.54. The van der Waals surface area contributed by atoms with Crippen LogP contribution in [0.3, 0.4) is 0 Å². The summed E-state index contributed by atoms with van der Waals surface area (Å²) >= 11 is 5.96. The predicted molar refractivity (Wildman–Crippen MR) is 146 cm³/mol. The fraction of sp³-hybridized carbons (Fsp3) is 0.414. The van der Waals surface area contributed by atoms with Gasteiger partial charge in [0, 0.05) is 54.2 Å². The second-order valence-corrected chi connectivity index (χ2v) is 10.9. The van der Waals surface area contributed by atoms with Gasteiger partial charge in [-0.1, -0.05) is 17.7 Å². The minimum Gasteiger partial charge on any atom is -0.493 e. The van der Waals surface area contributed by atoms with Gasteiger partial charge in [-0.2, -0.15) is 0 Å². The number of benzene rings is 2. The minimum absolute atomic E-state index is 0.00546. The first-order valence-electron chi connectivity index (χ1n) is 13.2. The average molecular weight is 553 g/mol. The number of aliphatic hydroxyl groups is 1. The van der Waals surface area contributed by atoms with E-state index in [0.29, 0.717) is 59.1 Å². The van der Waals surface area contributed by atoms with Crippen LogP contribution in [0.15, 0.2) is 48.8 Å². The summed E-state index contributed by atoms with van der Waals surface area (Å²) in [5, 5.41) is 13.3. The standard InChI is InChI=1S/C29H30ClFN4O4/c30-25-10-18(3-4-26(25)31)34-29-21-9-17(8-20(37)2-1-6-35-7-5-19(35)12-36)28(11-27(21)32-16-33-29)39-15-24-22-13-38-14-23(22)24/h1-4,9-11,16,19,22-24,36H,5-8,12-15H2,(H,32,33,34)/b2-1+/t19?,22-,23+,24?. The number of carbonyl (C=O) groups excluding carboxylic acids is 1. The molecule has 3 aliphatic rings. The molecule has 1 saturated carbocycles. The zero-order valence-electron chi connectivity index (χ0n) is 21.4. The number of hydrogen-bond donors (Lipinski definition) is 2. The Morgan fingerprint density at radius 2 is 2.10 bits per heavy atom. The smallest absolute Gasteiger partial charge is 0.159 e. The number of aliphatic hydroxyl groups excluding tert-OH is 1. The van der Waals surface area contributed by atoms with Crippen molar-refractivity contribution in [2.24, 2.45) is 17.8 Å². The Labute approximate surface area is 230 Å². The molecule has 204 valence electrons. The lowest BCUT2D eigenvalue weighted by molar-refractivity contribution is -0.114. The molecule has 8 nitrogen and oxygen atoms in total. The number of carbonyl (C=O) groups is 1. The van der Waals surface area contributed by atoms with E-state index in [1.54, 1.807) is 12.1 Å². The molecule has 10 heteroatoms. The van der Waals surface area contributed by atoms with Crippen molar-refractivity contribution in [2.75, 3.05) is 44.8 Å². The summed E-state index contributed by atoms with van der Waals surface area (Å²) in [6, 6.07) is 8.28. The number of nitrogens with zero attached hydrogens (tertiary/aromatic N) is 3. The molecular formula is C29H30ClFN4O4. The van der Waals surface area contributed by atoms with Gasteiger partial charge in [-0.25, -0.2) is 14.4 Å². The highest BCUT2D eigenvalue weighted by Crippen LogP contribution is 2.50. The van der Waals surface area contributed by atoms with Crippen molar-refractivity contribution in [3.63, 3.8) is 0 Å². The second-order valence-electron chi connectivity index (χ2n) is 10.5. The third kappa shape index (κ3) is 5.63. The van der Waals surface area contributed by atoms with E-state index >= 15 is 0 Å². The van der Waals surface area contributed by atoms with Crippen molar-refractivity contribution < 1.29 is 23.8 Å². The van der Waals surface area contributed by atoms with Crippen LogP contribution in [0.1, 0.15) is 12.0 Å². The molecule has 3 fully saturated rings. The highest BCUT2D eigenvalue weighted by atomic mass is 35.5. The monoisotopic (exact) mass is 552 g/mol. The lowest BCUT2D eigenvalue weighted by Gasteiger charge is -2.39. The van der Waals surface area contributed by atoms with Gasteiger partial charge in [0.15, 0.2) is 5.78 Å². The first-order valence-corrected chi connectivity index (χ1v) is 13.6. The molecule has 0 radical (unpaired) electrons. The first kappa shape index (κ1) is 26.1. The number of aromatic nitrogens is 2. The quantitative estimate of drug-likeness (QED) is 0.342. The van der Waals surface area contributed by atoms with Gasteiger partial charge in [0.05, 0.1) is 37.0 Å². The van der Waals surface area contributed by atoms with Crippen LogP contribution in [0.4, 0.5) is 15.9 Å². The number of halogens is 2. The summed E-state index contributed by atoms with van der Waals surface area (Å²) in [7, 11) is 0. The maximum absolute atomic E-state index is 13.7. The number of ketones is 1.